The molecule has 0 saturated heterocycles. The third kappa shape index (κ3) is 6.61. The first-order valence-electron chi connectivity index (χ1n) is 11.0. The van der Waals surface area contributed by atoms with Gasteiger partial charge in [0.1, 0.15) is 11.6 Å². The number of pyridine rings is 2. The number of amides is 1. The van der Waals surface area contributed by atoms with Gasteiger partial charge in [0.05, 0.1) is 29.7 Å². The largest absolute Gasteiger partial charge is 0.493 e. The predicted molar refractivity (Wildman–Crippen MR) is 129 cm³/mol. The Balaban J connectivity index is 1.97. The lowest BCUT2D eigenvalue weighted by Crippen LogP contribution is -2.32. The van der Waals surface area contributed by atoms with Gasteiger partial charge in [0.15, 0.2) is 5.03 Å². The lowest BCUT2D eigenvalue weighted by atomic mass is 10.0. The van der Waals surface area contributed by atoms with Crippen LogP contribution in [0.4, 0.5) is 4.39 Å². The summed E-state index contributed by atoms with van der Waals surface area (Å²) in [6.45, 7) is 7.71. The highest BCUT2D eigenvalue weighted by Gasteiger charge is 2.25. The van der Waals surface area contributed by atoms with E-state index in [1.807, 2.05) is 18.6 Å². The van der Waals surface area contributed by atoms with Crippen LogP contribution in [0.1, 0.15) is 48.6 Å². The Morgan fingerprint density at radius 1 is 1.09 bits per heavy atom. The average Bonchev–Trinajstić information content (AvgIpc) is 2.81. The molecule has 0 bridgehead atoms. The molecule has 1 N–H and O–H groups in total. The minimum Gasteiger partial charge on any atom is -0.493 e. The van der Waals surface area contributed by atoms with Crippen LogP contribution in [0.25, 0.3) is 11.3 Å². The summed E-state index contributed by atoms with van der Waals surface area (Å²) in [4.78, 5) is 21.5. The summed E-state index contributed by atoms with van der Waals surface area (Å²) in [5.41, 5.74) is 1.51. The highest BCUT2D eigenvalue weighted by molar-refractivity contribution is 7.90. The zero-order valence-electron chi connectivity index (χ0n) is 20.2. The average molecular weight is 502 g/mol. The first kappa shape index (κ1) is 26.2. The second-order valence-corrected chi connectivity index (χ2v) is 10.1. The van der Waals surface area contributed by atoms with E-state index in [0.29, 0.717) is 29.3 Å². The molecule has 10 heteroatoms. The van der Waals surface area contributed by atoms with Crippen molar-refractivity contribution in [1.29, 1.82) is 0 Å². The van der Waals surface area contributed by atoms with E-state index in [4.69, 9.17) is 9.47 Å². The number of methoxy groups -OCH3 is 1. The SMILES string of the molecule is CO[C@@H](C)c1nc(-c2cc(F)cc(OCC(C)C)c2)ccc1C(=O)NS(=O)(=O)c1cccc(C)n1. The van der Waals surface area contributed by atoms with Gasteiger partial charge < -0.3 is 9.47 Å². The van der Waals surface area contributed by atoms with Crippen LogP contribution in [-0.4, -0.2) is 38.0 Å². The van der Waals surface area contributed by atoms with Crippen LogP contribution < -0.4 is 9.46 Å². The van der Waals surface area contributed by atoms with Gasteiger partial charge in [-0.3, -0.25) is 4.79 Å². The molecule has 8 nitrogen and oxygen atoms in total. The molecular weight excluding hydrogens is 473 g/mol. The number of carbonyl (C=O) groups excluding carboxylic acids is 1. The Morgan fingerprint density at radius 3 is 2.49 bits per heavy atom. The van der Waals surface area contributed by atoms with Crippen LogP contribution in [0.15, 0.2) is 53.6 Å². The summed E-state index contributed by atoms with van der Waals surface area (Å²) in [6.07, 6.45) is -0.652. The first-order valence-corrected chi connectivity index (χ1v) is 12.5. The molecule has 0 spiro atoms. The molecule has 0 radical (unpaired) electrons. The Bertz CT molecular complexity index is 1330. The van der Waals surface area contributed by atoms with Gasteiger partial charge >= 0.3 is 0 Å². The minimum absolute atomic E-state index is 0.00649. The molecule has 0 aliphatic rings. The Morgan fingerprint density at radius 2 is 1.83 bits per heavy atom. The quantitative estimate of drug-likeness (QED) is 0.461. The highest BCUT2D eigenvalue weighted by atomic mass is 32.2. The van der Waals surface area contributed by atoms with Crippen LogP contribution in [0.5, 0.6) is 5.75 Å². The summed E-state index contributed by atoms with van der Waals surface area (Å²) in [7, 11) is -2.77. The molecular formula is C25H28FN3O5S. The van der Waals surface area contributed by atoms with Crippen molar-refractivity contribution in [3.05, 3.63) is 71.3 Å². The monoisotopic (exact) mass is 501 g/mol. The molecule has 3 rings (SSSR count). The fraction of sp³-hybridized carbons (Fsp3) is 0.320. The van der Waals surface area contributed by atoms with Crippen molar-refractivity contribution >= 4 is 15.9 Å². The number of benzene rings is 1. The summed E-state index contributed by atoms with van der Waals surface area (Å²) in [5.74, 6) is -0.761. The van der Waals surface area contributed by atoms with Gasteiger partial charge in [0.2, 0.25) is 0 Å². The maximum absolute atomic E-state index is 14.3. The normalized spacial score (nSPS) is 12.4. The lowest BCUT2D eigenvalue weighted by molar-refractivity contribution is 0.0953. The van der Waals surface area contributed by atoms with Crippen molar-refractivity contribution in [3.63, 3.8) is 0 Å². The molecule has 0 fully saturated rings. The Hall–Kier alpha value is -3.37. The van der Waals surface area contributed by atoms with Crippen LogP contribution in [-0.2, 0) is 14.8 Å². The number of aryl methyl sites for hydroxylation is 1. The highest BCUT2D eigenvalue weighted by Crippen LogP contribution is 2.28. The van der Waals surface area contributed by atoms with Gasteiger partial charge in [0, 0.05) is 24.4 Å². The molecule has 3 aromatic rings. The van der Waals surface area contributed by atoms with Crippen molar-refractivity contribution in [2.24, 2.45) is 5.92 Å². The molecule has 0 aliphatic carbocycles. The summed E-state index contributed by atoms with van der Waals surface area (Å²) < 4.78 is 52.7. The second-order valence-electron chi connectivity index (χ2n) is 8.44. The van der Waals surface area contributed by atoms with Gasteiger partial charge in [-0.05, 0) is 56.2 Å². The van der Waals surface area contributed by atoms with Gasteiger partial charge in [-0.1, -0.05) is 19.9 Å². The second kappa shape index (κ2) is 10.9. The topological polar surface area (TPSA) is 107 Å². The Kier molecular flexibility index (Phi) is 8.18. The fourth-order valence-corrected chi connectivity index (χ4v) is 4.18. The summed E-state index contributed by atoms with van der Waals surface area (Å²) in [5, 5.41) is -0.273. The van der Waals surface area contributed by atoms with Crippen LogP contribution in [0, 0.1) is 18.7 Å². The number of nitrogens with zero attached hydrogens (tertiary/aromatic N) is 2. The van der Waals surface area contributed by atoms with Crippen LogP contribution in [0.3, 0.4) is 0 Å². The first-order chi connectivity index (χ1) is 16.5. The number of hydrogen-bond donors (Lipinski definition) is 1. The predicted octanol–water partition coefficient (Wildman–Crippen LogP) is 4.45. The third-order valence-corrected chi connectivity index (χ3v) is 6.26. The minimum atomic E-state index is -4.21. The molecule has 0 saturated carbocycles. The Labute approximate surface area is 204 Å². The maximum Gasteiger partial charge on any atom is 0.281 e. The zero-order valence-corrected chi connectivity index (χ0v) is 21.0. The molecule has 186 valence electrons. The van der Waals surface area contributed by atoms with E-state index >= 15 is 0 Å². The van der Waals surface area contributed by atoms with Crippen molar-refractivity contribution < 1.29 is 27.1 Å². The zero-order chi connectivity index (χ0) is 25.8. The number of rotatable bonds is 9. The summed E-state index contributed by atoms with van der Waals surface area (Å²) >= 11 is 0. The molecule has 2 heterocycles. The number of carbonyl (C=O) groups is 1. The number of hydrogen-bond acceptors (Lipinski definition) is 7. The van der Waals surface area contributed by atoms with Crippen LogP contribution >= 0.6 is 0 Å². The third-order valence-electron chi connectivity index (χ3n) is 5.02. The van der Waals surface area contributed by atoms with E-state index in [0.717, 1.165) is 0 Å². The lowest BCUT2D eigenvalue weighted by Gasteiger charge is -2.16. The smallest absolute Gasteiger partial charge is 0.281 e. The van der Waals surface area contributed by atoms with Crippen molar-refractivity contribution in [3.8, 4) is 17.0 Å². The molecule has 1 atom stereocenters. The van der Waals surface area contributed by atoms with Gasteiger partial charge in [-0.2, -0.15) is 8.42 Å². The number of halogens is 1. The van der Waals surface area contributed by atoms with E-state index in [2.05, 4.69) is 9.97 Å². The van der Waals surface area contributed by atoms with E-state index in [1.54, 1.807) is 26.0 Å². The van der Waals surface area contributed by atoms with E-state index < -0.39 is 27.9 Å². The fourth-order valence-electron chi connectivity index (χ4n) is 3.20. The van der Waals surface area contributed by atoms with E-state index in [-0.39, 0.29) is 22.2 Å². The van der Waals surface area contributed by atoms with Gasteiger partial charge in [-0.15, -0.1) is 0 Å². The summed E-state index contributed by atoms with van der Waals surface area (Å²) in [6, 6.07) is 11.7. The number of nitrogens with one attached hydrogen (secondary N) is 1. The molecule has 35 heavy (non-hydrogen) atoms. The number of ether oxygens (including phenoxy) is 2. The van der Waals surface area contributed by atoms with E-state index in [9.17, 15) is 17.6 Å². The van der Waals surface area contributed by atoms with Crippen molar-refractivity contribution in [2.75, 3.05) is 13.7 Å². The number of sulfonamides is 1. The van der Waals surface area contributed by atoms with Gasteiger partial charge in [0.25, 0.3) is 15.9 Å². The van der Waals surface area contributed by atoms with Gasteiger partial charge in [-0.25, -0.2) is 19.1 Å². The standard InChI is InChI=1S/C25H28FN3O5S/c1-15(2)14-34-20-12-18(11-19(26)13-20)22-10-9-21(24(28-22)17(4)33-5)25(30)29-35(31,32)23-8-6-7-16(3)27-23/h6-13,15,17H,14H2,1-5H3,(H,29,30)/t17-/m0/s1. The number of aromatic nitrogens is 2. The van der Waals surface area contributed by atoms with E-state index in [1.165, 1.54) is 43.5 Å². The molecule has 1 amide bonds. The molecule has 2 aromatic heterocycles. The maximum atomic E-state index is 14.3. The molecule has 0 unspecified atom stereocenters. The molecule has 0 aliphatic heterocycles. The van der Waals surface area contributed by atoms with Crippen molar-refractivity contribution in [2.45, 2.75) is 38.8 Å². The van der Waals surface area contributed by atoms with Crippen LogP contribution in [0.2, 0.25) is 0 Å². The van der Waals surface area contributed by atoms with Crippen molar-refractivity contribution in [1.82, 2.24) is 14.7 Å². The molecule has 1 aromatic carbocycles.